The van der Waals surface area contributed by atoms with E-state index >= 15 is 0 Å². The summed E-state index contributed by atoms with van der Waals surface area (Å²) >= 11 is 0. The van der Waals surface area contributed by atoms with Gasteiger partial charge in [-0.15, -0.1) is 0 Å². The van der Waals surface area contributed by atoms with E-state index in [0.717, 1.165) is 54.9 Å². The largest absolute Gasteiger partial charge is 0.487 e. The molecule has 0 amide bonds. The molecule has 5 heteroatoms. The van der Waals surface area contributed by atoms with Crippen molar-refractivity contribution in [1.82, 2.24) is 4.57 Å². The predicted molar refractivity (Wildman–Crippen MR) is 207 cm³/mol. The number of para-hydroxylation sites is 1. The molecule has 0 fully saturated rings. The monoisotopic (exact) mass is 650 g/mol. The zero-order valence-corrected chi connectivity index (χ0v) is 28.6. The van der Waals surface area contributed by atoms with Gasteiger partial charge in [0.15, 0.2) is 5.75 Å². The summed E-state index contributed by atoms with van der Waals surface area (Å²) in [5.41, 5.74) is 11.7. The fourth-order valence-electron chi connectivity index (χ4n) is 10.2. The van der Waals surface area contributed by atoms with E-state index in [9.17, 15) is 0 Å². The van der Waals surface area contributed by atoms with Crippen molar-refractivity contribution in [3.63, 3.8) is 0 Å². The molecule has 50 heavy (non-hydrogen) atoms. The molecule has 3 aromatic carbocycles. The lowest BCUT2D eigenvalue weighted by molar-refractivity contribution is 0.246. The first kappa shape index (κ1) is 28.7. The van der Waals surface area contributed by atoms with Gasteiger partial charge in [-0.2, -0.15) is 0 Å². The number of aromatic nitrogens is 1. The van der Waals surface area contributed by atoms with Gasteiger partial charge in [-0.1, -0.05) is 86.7 Å². The number of rotatable bonds is 2. The van der Waals surface area contributed by atoms with Gasteiger partial charge in [-0.25, -0.2) is 0 Å². The van der Waals surface area contributed by atoms with Crippen LogP contribution >= 0.6 is 0 Å². The van der Waals surface area contributed by atoms with Crippen molar-refractivity contribution in [3.05, 3.63) is 138 Å². The molecule has 4 nitrogen and oxygen atoms in total. The molecule has 1 aromatic heterocycles. The minimum absolute atomic E-state index is 0.0137. The molecule has 11 rings (SSSR count). The lowest BCUT2D eigenvalue weighted by Crippen LogP contribution is -2.56. The molecule has 0 bridgehead atoms. The molecule has 3 atom stereocenters. The van der Waals surface area contributed by atoms with E-state index in [0.29, 0.717) is 5.92 Å². The van der Waals surface area contributed by atoms with Gasteiger partial charge in [0.05, 0.1) is 11.0 Å². The summed E-state index contributed by atoms with van der Waals surface area (Å²) in [7, 11) is 0. The summed E-state index contributed by atoms with van der Waals surface area (Å²) in [6, 6.07) is 18.1. The Morgan fingerprint density at radius 3 is 2.64 bits per heavy atom. The minimum Gasteiger partial charge on any atom is -0.487 e. The number of ether oxygens (including phenoxy) is 2. The number of benzene rings is 3. The maximum atomic E-state index is 7.06. The average Bonchev–Trinajstić information content (AvgIpc) is 3.49. The number of hydrogen-bond acceptors (Lipinski definition) is 3. The van der Waals surface area contributed by atoms with Gasteiger partial charge < -0.3 is 18.9 Å². The third kappa shape index (κ3) is 3.84. The number of fused-ring (bicyclic) bond motifs is 9. The smallest absolute Gasteiger partial charge is 0.235 e. The Morgan fingerprint density at radius 1 is 0.840 bits per heavy atom. The summed E-state index contributed by atoms with van der Waals surface area (Å²) in [5.74, 6) is 3.48. The van der Waals surface area contributed by atoms with Crippen molar-refractivity contribution < 1.29 is 9.47 Å². The molecule has 0 saturated heterocycles. The molecule has 244 valence electrons. The predicted octanol–water partition coefficient (Wildman–Crippen LogP) is 9.87. The third-order valence-corrected chi connectivity index (χ3v) is 12.5. The Morgan fingerprint density at radius 2 is 1.72 bits per heavy atom. The van der Waals surface area contributed by atoms with E-state index in [1.165, 1.54) is 50.0 Å². The van der Waals surface area contributed by atoms with Gasteiger partial charge in [-0.05, 0) is 97.1 Å². The Labute approximate surface area is 293 Å². The molecule has 3 aliphatic heterocycles. The van der Waals surface area contributed by atoms with Crippen molar-refractivity contribution in [2.75, 3.05) is 4.90 Å². The van der Waals surface area contributed by atoms with Gasteiger partial charge in [0.2, 0.25) is 6.71 Å². The van der Waals surface area contributed by atoms with Crippen molar-refractivity contribution in [2.24, 2.45) is 11.3 Å². The number of anilines is 1. The van der Waals surface area contributed by atoms with Crippen LogP contribution in [-0.2, 0) is 0 Å². The van der Waals surface area contributed by atoms with Gasteiger partial charge >= 0.3 is 0 Å². The Balaban J connectivity index is 1.21. The minimum atomic E-state index is -0.0137. The van der Waals surface area contributed by atoms with Gasteiger partial charge in [-0.3, -0.25) is 0 Å². The maximum absolute atomic E-state index is 7.06. The van der Waals surface area contributed by atoms with Crippen LogP contribution in [-0.4, -0.2) is 17.4 Å². The zero-order chi connectivity index (χ0) is 33.1. The quantitative estimate of drug-likeness (QED) is 0.202. The standard InChI is InChI=1S/C45H39BN2O2/c1-45(2)32-16-6-10-20-36(32)47(37-21-11-7-17-33(37)45)29-24-25-30-31-27-41-42-44(43(31)48(38(30)26-29)28-14-4-3-5-15-28)50-40-23-13-9-19-35(40)46(42)34-18-8-12-22-39(34)49-41/h3-4,6,8-14,18-27,32,34,39H,5,7,15-17H2,1-2H3. The molecular weight excluding hydrogens is 611 g/mol. The fourth-order valence-corrected chi connectivity index (χ4v) is 10.2. The van der Waals surface area contributed by atoms with Crippen molar-refractivity contribution in [1.29, 1.82) is 0 Å². The Bertz CT molecular complexity index is 2430. The summed E-state index contributed by atoms with van der Waals surface area (Å²) in [6.45, 7) is 5.08. The second-order valence-electron chi connectivity index (χ2n) is 15.4. The molecule has 0 N–H and O–H groups in total. The highest BCUT2D eigenvalue weighted by atomic mass is 16.5. The molecule has 4 heterocycles. The SMILES string of the molecule is CC1(C)C2=C(C=CCC2)N(c2ccc3c4cc5c6c(c4n(C4=CC=CCC4)c3c2)Oc2ccccc2B6C2C=CC=CC2O5)C2=CC=CCC21. The van der Waals surface area contributed by atoms with Crippen LogP contribution in [0.5, 0.6) is 17.2 Å². The summed E-state index contributed by atoms with van der Waals surface area (Å²) in [5, 5.41) is 2.40. The van der Waals surface area contributed by atoms with Crippen LogP contribution < -0.4 is 25.3 Å². The molecule has 0 radical (unpaired) electrons. The van der Waals surface area contributed by atoms with E-state index < -0.39 is 0 Å². The van der Waals surface area contributed by atoms with Crippen molar-refractivity contribution in [2.45, 2.75) is 57.9 Å². The normalized spacial score (nSPS) is 25.0. The Hall–Kier alpha value is -5.16. The van der Waals surface area contributed by atoms with Crippen LogP contribution in [0.2, 0.25) is 5.82 Å². The second kappa shape index (κ2) is 10.4. The maximum Gasteiger partial charge on any atom is 0.235 e. The number of allylic oxidation sites excluding steroid dienone is 13. The van der Waals surface area contributed by atoms with Crippen LogP contribution in [0.25, 0.3) is 27.5 Å². The molecule has 0 spiro atoms. The lowest BCUT2D eigenvalue weighted by Gasteiger charge is -2.50. The van der Waals surface area contributed by atoms with E-state index in [-0.39, 0.29) is 24.0 Å². The van der Waals surface area contributed by atoms with Crippen LogP contribution in [0.3, 0.4) is 0 Å². The summed E-state index contributed by atoms with van der Waals surface area (Å²) < 4.78 is 16.5. The highest BCUT2D eigenvalue weighted by molar-refractivity contribution is 6.89. The first-order chi connectivity index (χ1) is 24.6. The topological polar surface area (TPSA) is 26.6 Å². The van der Waals surface area contributed by atoms with E-state index in [1.54, 1.807) is 5.57 Å². The van der Waals surface area contributed by atoms with Crippen LogP contribution in [0, 0.1) is 11.3 Å². The summed E-state index contributed by atoms with van der Waals surface area (Å²) in [6.07, 6.45) is 32.6. The molecule has 7 aliphatic rings. The van der Waals surface area contributed by atoms with Gasteiger partial charge in [0.25, 0.3) is 0 Å². The first-order valence-corrected chi connectivity index (χ1v) is 18.4. The van der Waals surface area contributed by atoms with Crippen LogP contribution in [0.4, 0.5) is 5.69 Å². The van der Waals surface area contributed by atoms with Gasteiger partial charge in [0, 0.05) is 50.7 Å². The average molecular weight is 651 g/mol. The second-order valence-corrected chi connectivity index (χ2v) is 15.4. The number of hydrogen-bond donors (Lipinski definition) is 0. The van der Waals surface area contributed by atoms with E-state index in [2.05, 4.69) is 145 Å². The summed E-state index contributed by atoms with van der Waals surface area (Å²) in [4.78, 5) is 2.57. The lowest BCUT2D eigenvalue weighted by atomic mass is 9.30. The van der Waals surface area contributed by atoms with Gasteiger partial charge in [0.1, 0.15) is 17.6 Å². The molecule has 0 saturated carbocycles. The molecule has 4 aliphatic carbocycles. The molecular formula is C45H39BN2O2. The highest BCUT2D eigenvalue weighted by Gasteiger charge is 2.48. The van der Waals surface area contributed by atoms with Crippen LogP contribution in [0.15, 0.2) is 138 Å². The van der Waals surface area contributed by atoms with Crippen LogP contribution in [0.1, 0.15) is 46.0 Å². The zero-order valence-electron chi connectivity index (χ0n) is 28.6. The third-order valence-electron chi connectivity index (χ3n) is 12.5. The van der Waals surface area contributed by atoms with E-state index in [1.807, 2.05) is 0 Å². The van der Waals surface area contributed by atoms with E-state index in [4.69, 9.17) is 9.47 Å². The molecule has 4 aromatic rings. The fraction of sp³-hybridized carbons (Fsp3) is 0.244. The molecule has 3 unspecified atom stereocenters. The first-order valence-electron chi connectivity index (χ1n) is 18.4. The van der Waals surface area contributed by atoms with Crippen molar-refractivity contribution in [3.8, 4) is 17.2 Å². The number of nitrogens with zero attached hydrogens (tertiary/aromatic N) is 2. The highest BCUT2D eigenvalue weighted by Crippen LogP contribution is 2.55. The Kier molecular flexibility index (Phi) is 5.98. The van der Waals surface area contributed by atoms with Crippen molar-refractivity contribution >= 4 is 50.8 Å².